The summed E-state index contributed by atoms with van der Waals surface area (Å²) in [6, 6.07) is 67.1. The molecule has 0 unspecified atom stereocenters. The molecule has 11 aromatic rings. The van der Waals surface area contributed by atoms with Crippen molar-refractivity contribution in [3.8, 4) is 44.5 Å². The summed E-state index contributed by atoms with van der Waals surface area (Å²) in [5.74, 6) is 0. The van der Waals surface area contributed by atoms with Crippen molar-refractivity contribution >= 4 is 54.4 Å². The molecule has 258 valence electrons. The standard InChI is InChI=1S/C54H31NO/c1-3-14-32(15-4-1)40-30-44-49(39-23-12-11-22-38(39)40)51-45(31-41(33-16-5-2-6-17-33)50-52-46(56-53(50)51)24-13-29-55-52)54(44)42-27-25-34-18-7-9-20-36(34)47(42)48-37-21-10-8-19-35(37)26-28-43(48)54/h1-31H. The fraction of sp³-hybridized carbons (Fsp3) is 0.0185. The zero-order valence-corrected chi connectivity index (χ0v) is 30.3. The predicted octanol–water partition coefficient (Wildman–Crippen LogP) is 14.1. The van der Waals surface area contributed by atoms with E-state index in [1.165, 1.54) is 82.4 Å². The van der Waals surface area contributed by atoms with Crippen LogP contribution in [0, 0.1) is 0 Å². The molecule has 2 aliphatic rings. The molecule has 0 fully saturated rings. The molecule has 9 aromatic carbocycles. The van der Waals surface area contributed by atoms with E-state index in [1.807, 2.05) is 12.3 Å². The van der Waals surface area contributed by atoms with Gasteiger partial charge in [-0.3, -0.25) is 4.98 Å². The van der Waals surface area contributed by atoms with E-state index in [2.05, 4.69) is 176 Å². The predicted molar refractivity (Wildman–Crippen MR) is 231 cm³/mol. The van der Waals surface area contributed by atoms with Crippen LogP contribution < -0.4 is 0 Å². The lowest BCUT2D eigenvalue weighted by Crippen LogP contribution is -2.26. The molecule has 2 heteroatoms. The van der Waals surface area contributed by atoms with Crippen molar-refractivity contribution in [3.63, 3.8) is 0 Å². The summed E-state index contributed by atoms with van der Waals surface area (Å²) in [5.41, 5.74) is 16.8. The van der Waals surface area contributed by atoms with Crippen molar-refractivity contribution in [2.45, 2.75) is 5.41 Å². The number of pyridine rings is 1. The number of fused-ring (bicyclic) bond motifs is 20. The molecule has 0 N–H and O–H groups in total. The van der Waals surface area contributed by atoms with Crippen LogP contribution in [0.25, 0.3) is 98.9 Å². The zero-order valence-electron chi connectivity index (χ0n) is 30.3. The summed E-state index contributed by atoms with van der Waals surface area (Å²) in [6.45, 7) is 0. The minimum absolute atomic E-state index is 0.652. The quantitative estimate of drug-likeness (QED) is 0.179. The highest BCUT2D eigenvalue weighted by atomic mass is 16.3. The van der Waals surface area contributed by atoms with E-state index < -0.39 is 5.41 Å². The van der Waals surface area contributed by atoms with Crippen molar-refractivity contribution in [3.05, 3.63) is 210 Å². The highest BCUT2D eigenvalue weighted by Crippen LogP contribution is 2.68. The van der Waals surface area contributed by atoms with Crippen LogP contribution in [0.4, 0.5) is 0 Å². The molecule has 0 saturated heterocycles. The Kier molecular flexibility index (Phi) is 5.86. The summed E-state index contributed by atoms with van der Waals surface area (Å²) in [4.78, 5) is 4.99. The molecular weight excluding hydrogens is 679 g/mol. The fourth-order valence-corrected chi connectivity index (χ4v) is 10.5. The second-order valence-electron chi connectivity index (χ2n) is 15.3. The molecule has 0 atom stereocenters. The Hall–Kier alpha value is -7.29. The molecule has 56 heavy (non-hydrogen) atoms. The molecule has 2 aliphatic carbocycles. The first kappa shape index (κ1) is 30.1. The van der Waals surface area contributed by atoms with Crippen LogP contribution in [-0.4, -0.2) is 4.98 Å². The number of aromatic nitrogens is 1. The van der Waals surface area contributed by atoms with Gasteiger partial charge >= 0.3 is 0 Å². The Labute approximate surface area is 322 Å². The number of nitrogens with zero attached hydrogens (tertiary/aromatic N) is 1. The van der Waals surface area contributed by atoms with Gasteiger partial charge in [0.1, 0.15) is 11.1 Å². The van der Waals surface area contributed by atoms with E-state index >= 15 is 0 Å². The van der Waals surface area contributed by atoms with Gasteiger partial charge in [-0.1, -0.05) is 158 Å². The van der Waals surface area contributed by atoms with Crippen molar-refractivity contribution in [1.29, 1.82) is 0 Å². The van der Waals surface area contributed by atoms with E-state index in [9.17, 15) is 0 Å². The summed E-state index contributed by atoms with van der Waals surface area (Å²) < 4.78 is 7.13. The fourth-order valence-electron chi connectivity index (χ4n) is 10.5. The van der Waals surface area contributed by atoms with Crippen LogP contribution in [0.3, 0.4) is 0 Å². The van der Waals surface area contributed by atoms with E-state index in [1.54, 1.807) is 0 Å². The smallest absolute Gasteiger partial charge is 0.153 e. The number of benzene rings is 9. The first-order valence-electron chi connectivity index (χ1n) is 19.4. The second-order valence-corrected chi connectivity index (χ2v) is 15.3. The van der Waals surface area contributed by atoms with Crippen LogP contribution in [0.1, 0.15) is 22.3 Å². The van der Waals surface area contributed by atoms with Crippen molar-refractivity contribution in [1.82, 2.24) is 4.98 Å². The van der Waals surface area contributed by atoms with Gasteiger partial charge in [-0.2, -0.15) is 0 Å². The Morgan fingerprint density at radius 2 is 0.911 bits per heavy atom. The Balaban J connectivity index is 1.33. The Bertz CT molecular complexity index is 3380. The van der Waals surface area contributed by atoms with Crippen LogP contribution in [0.5, 0.6) is 0 Å². The Morgan fingerprint density at radius 1 is 0.393 bits per heavy atom. The van der Waals surface area contributed by atoms with Gasteiger partial charge in [0.2, 0.25) is 0 Å². The minimum atomic E-state index is -0.652. The molecule has 0 amide bonds. The zero-order chi connectivity index (χ0) is 36.5. The largest absolute Gasteiger partial charge is 0.454 e. The first-order chi connectivity index (χ1) is 27.8. The highest BCUT2D eigenvalue weighted by Gasteiger charge is 2.54. The molecule has 0 saturated carbocycles. The summed E-state index contributed by atoms with van der Waals surface area (Å²) in [6.07, 6.45) is 1.88. The van der Waals surface area contributed by atoms with Crippen LogP contribution >= 0.6 is 0 Å². The number of hydrogen-bond donors (Lipinski definition) is 0. The molecule has 1 spiro atoms. The lowest BCUT2D eigenvalue weighted by atomic mass is 9.69. The maximum Gasteiger partial charge on any atom is 0.153 e. The Morgan fingerprint density at radius 3 is 1.57 bits per heavy atom. The molecule has 0 radical (unpaired) electrons. The molecule has 0 aliphatic heterocycles. The number of hydrogen-bond acceptors (Lipinski definition) is 2. The van der Waals surface area contributed by atoms with Crippen LogP contribution in [0.2, 0.25) is 0 Å². The van der Waals surface area contributed by atoms with Gasteiger partial charge in [0, 0.05) is 11.8 Å². The SMILES string of the molecule is c1ccc(-c2cc3c(c4ccccc24)-c2c(cc(-c4ccccc4)c4c2oc2cccnc24)C32c3ccc4ccccc4c3-c3c2ccc2ccccc32)cc1. The number of rotatable bonds is 2. The van der Waals surface area contributed by atoms with Gasteiger partial charge in [-0.05, 0) is 118 Å². The molecular formula is C54H31NO. The average molecular weight is 710 g/mol. The normalized spacial score (nSPS) is 13.5. The van der Waals surface area contributed by atoms with Crippen molar-refractivity contribution in [2.24, 2.45) is 0 Å². The second kappa shape index (κ2) is 10.9. The monoisotopic (exact) mass is 709 g/mol. The van der Waals surface area contributed by atoms with E-state index in [0.717, 1.165) is 38.8 Å². The third-order valence-corrected chi connectivity index (χ3v) is 12.7. The number of furan rings is 1. The summed E-state index contributed by atoms with van der Waals surface area (Å²) in [7, 11) is 0. The first-order valence-corrected chi connectivity index (χ1v) is 19.4. The topological polar surface area (TPSA) is 26.0 Å². The minimum Gasteiger partial charge on any atom is -0.454 e. The van der Waals surface area contributed by atoms with Gasteiger partial charge in [0.05, 0.1) is 10.8 Å². The molecule has 2 heterocycles. The van der Waals surface area contributed by atoms with Gasteiger partial charge in [0.15, 0.2) is 5.58 Å². The van der Waals surface area contributed by atoms with Crippen molar-refractivity contribution < 1.29 is 4.42 Å². The molecule has 2 aromatic heterocycles. The lowest BCUT2D eigenvalue weighted by molar-refractivity contribution is 0.668. The van der Waals surface area contributed by atoms with E-state index in [0.29, 0.717) is 0 Å². The van der Waals surface area contributed by atoms with E-state index in [-0.39, 0.29) is 0 Å². The molecule has 13 rings (SSSR count). The lowest BCUT2D eigenvalue weighted by Gasteiger charge is -2.31. The third-order valence-electron chi connectivity index (χ3n) is 12.7. The molecule has 0 bridgehead atoms. The van der Waals surface area contributed by atoms with Gasteiger partial charge < -0.3 is 4.42 Å². The van der Waals surface area contributed by atoms with Gasteiger partial charge in [-0.15, -0.1) is 0 Å². The van der Waals surface area contributed by atoms with Crippen LogP contribution in [0.15, 0.2) is 193 Å². The van der Waals surface area contributed by atoms with Gasteiger partial charge in [-0.25, -0.2) is 0 Å². The van der Waals surface area contributed by atoms with Crippen molar-refractivity contribution in [2.75, 3.05) is 0 Å². The summed E-state index contributed by atoms with van der Waals surface area (Å²) >= 11 is 0. The summed E-state index contributed by atoms with van der Waals surface area (Å²) in [5, 5.41) is 8.54. The van der Waals surface area contributed by atoms with Crippen LogP contribution in [-0.2, 0) is 5.41 Å². The maximum absolute atomic E-state index is 7.13. The average Bonchev–Trinajstić information content (AvgIpc) is 3.91. The van der Waals surface area contributed by atoms with E-state index in [4.69, 9.17) is 9.40 Å². The molecule has 2 nitrogen and oxygen atoms in total. The highest BCUT2D eigenvalue weighted by molar-refractivity contribution is 6.23. The van der Waals surface area contributed by atoms with Gasteiger partial charge in [0.25, 0.3) is 0 Å². The maximum atomic E-state index is 7.13. The third kappa shape index (κ3) is 3.69.